The fourth-order valence-electron chi connectivity index (χ4n) is 1.02. The van der Waals surface area contributed by atoms with Crippen LogP contribution < -0.4 is 5.32 Å². The second-order valence-corrected chi connectivity index (χ2v) is 3.79. The summed E-state index contributed by atoms with van der Waals surface area (Å²) in [5.74, 6) is 0.0605. The van der Waals surface area contributed by atoms with Gasteiger partial charge in [-0.2, -0.15) is 0 Å². The molecule has 0 spiro atoms. The highest BCUT2D eigenvalue weighted by atomic mass is 16.3. The molecule has 1 fully saturated rings. The van der Waals surface area contributed by atoms with E-state index < -0.39 is 0 Å². The van der Waals surface area contributed by atoms with Crippen LogP contribution in [0.15, 0.2) is 0 Å². The predicted octanol–water partition coefficient (Wildman–Crippen LogP) is -0.422. The second-order valence-electron chi connectivity index (χ2n) is 3.79. The summed E-state index contributed by atoms with van der Waals surface area (Å²) in [6, 6.07) is 0.468. The van der Waals surface area contributed by atoms with Gasteiger partial charge in [0, 0.05) is 12.1 Å². The number of carbonyl (C=O) groups is 1. The Morgan fingerprint density at radius 1 is 1.69 bits per heavy atom. The molecule has 1 rings (SSSR count). The van der Waals surface area contributed by atoms with Gasteiger partial charge in [0.25, 0.3) is 0 Å². The largest absolute Gasteiger partial charge is 0.395 e. The van der Waals surface area contributed by atoms with Crippen molar-refractivity contribution in [1.29, 1.82) is 0 Å². The molecule has 13 heavy (non-hydrogen) atoms. The normalized spacial score (nSPS) is 18.8. The fourth-order valence-corrected chi connectivity index (χ4v) is 1.02. The minimum absolute atomic E-state index is 0.0463. The molecule has 1 atom stereocenters. The van der Waals surface area contributed by atoms with Crippen molar-refractivity contribution in [2.45, 2.75) is 31.8 Å². The molecule has 0 heterocycles. The van der Waals surface area contributed by atoms with E-state index in [2.05, 4.69) is 5.32 Å². The lowest BCUT2D eigenvalue weighted by Crippen LogP contribution is -2.41. The summed E-state index contributed by atoms with van der Waals surface area (Å²) in [6.07, 6.45) is 2.23. The summed E-state index contributed by atoms with van der Waals surface area (Å²) in [5, 5.41) is 11.7. The maximum atomic E-state index is 11.3. The molecule has 1 amide bonds. The molecule has 1 saturated carbocycles. The predicted molar refractivity (Wildman–Crippen MR) is 50.3 cm³/mol. The first-order valence-corrected chi connectivity index (χ1v) is 4.74. The Morgan fingerprint density at radius 2 is 2.31 bits per heavy atom. The van der Waals surface area contributed by atoms with Crippen LogP contribution in [0.25, 0.3) is 0 Å². The van der Waals surface area contributed by atoms with E-state index >= 15 is 0 Å². The Balaban J connectivity index is 2.17. The van der Waals surface area contributed by atoms with Crippen LogP contribution in [0, 0.1) is 0 Å². The van der Waals surface area contributed by atoms with E-state index in [0.29, 0.717) is 12.6 Å². The second kappa shape index (κ2) is 4.58. The number of aliphatic hydroxyl groups excluding tert-OH is 1. The van der Waals surface area contributed by atoms with E-state index in [0.717, 1.165) is 12.8 Å². The minimum Gasteiger partial charge on any atom is -0.395 e. The van der Waals surface area contributed by atoms with Gasteiger partial charge in [-0.25, -0.2) is 0 Å². The Hall–Kier alpha value is -0.610. The van der Waals surface area contributed by atoms with Gasteiger partial charge in [0.2, 0.25) is 5.91 Å². The molecule has 4 heteroatoms. The van der Waals surface area contributed by atoms with Crippen molar-refractivity contribution in [3.05, 3.63) is 0 Å². The average Bonchev–Trinajstić information content (AvgIpc) is 2.86. The number of amides is 1. The van der Waals surface area contributed by atoms with Gasteiger partial charge in [-0.3, -0.25) is 9.69 Å². The number of rotatable bonds is 5. The highest BCUT2D eigenvalue weighted by molar-refractivity contribution is 5.78. The lowest BCUT2D eigenvalue weighted by atomic mass is 10.3. The first kappa shape index (κ1) is 10.5. The van der Waals surface area contributed by atoms with Gasteiger partial charge in [0.15, 0.2) is 0 Å². The topological polar surface area (TPSA) is 52.6 Å². The third-order valence-corrected chi connectivity index (χ3v) is 2.35. The van der Waals surface area contributed by atoms with Crippen LogP contribution in [-0.2, 0) is 4.79 Å². The summed E-state index contributed by atoms with van der Waals surface area (Å²) in [5.41, 5.74) is 0. The van der Waals surface area contributed by atoms with Gasteiger partial charge >= 0.3 is 0 Å². The third kappa shape index (κ3) is 3.74. The molecule has 4 nitrogen and oxygen atoms in total. The smallest absolute Gasteiger partial charge is 0.234 e. The van der Waals surface area contributed by atoms with Gasteiger partial charge in [-0.05, 0) is 26.8 Å². The number of carbonyl (C=O) groups excluding carboxylic acids is 1. The van der Waals surface area contributed by atoms with E-state index in [1.807, 2.05) is 18.9 Å². The first-order chi connectivity index (χ1) is 6.13. The van der Waals surface area contributed by atoms with E-state index in [-0.39, 0.29) is 18.6 Å². The molecule has 1 unspecified atom stereocenters. The molecule has 1 aliphatic carbocycles. The minimum atomic E-state index is 0.0463. The van der Waals surface area contributed by atoms with E-state index in [9.17, 15) is 4.79 Å². The third-order valence-electron chi connectivity index (χ3n) is 2.35. The first-order valence-electron chi connectivity index (χ1n) is 4.74. The summed E-state index contributed by atoms with van der Waals surface area (Å²) >= 11 is 0. The van der Waals surface area contributed by atoms with Crippen molar-refractivity contribution in [2.24, 2.45) is 0 Å². The Bertz CT molecular complexity index is 180. The van der Waals surface area contributed by atoms with Gasteiger partial charge in [0.05, 0.1) is 13.2 Å². The summed E-state index contributed by atoms with van der Waals surface area (Å²) in [4.78, 5) is 13.1. The molecule has 0 bridgehead atoms. The summed E-state index contributed by atoms with van der Waals surface area (Å²) < 4.78 is 0. The number of hydrogen-bond donors (Lipinski definition) is 2. The molecule has 76 valence electrons. The average molecular weight is 186 g/mol. The molecular weight excluding hydrogens is 168 g/mol. The number of nitrogens with one attached hydrogen (secondary N) is 1. The molecule has 0 aromatic heterocycles. The highest BCUT2D eigenvalue weighted by Crippen LogP contribution is 2.18. The van der Waals surface area contributed by atoms with Crippen LogP contribution in [0.4, 0.5) is 0 Å². The molecule has 2 N–H and O–H groups in total. The Labute approximate surface area is 78.9 Å². The fraction of sp³-hybridized carbons (Fsp3) is 0.889. The zero-order valence-electron chi connectivity index (χ0n) is 8.29. The SMILES string of the molecule is CC(CO)N(C)CC(=O)NC1CC1. The maximum Gasteiger partial charge on any atom is 0.234 e. The Kier molecular flexibility index (Phi) is 3.69. The summed E-state index contributed by atoms with van der Waals surface area (Å²) in [6.45, 7) is 2.36. The number of nitrogens with zero attached hydrogens (tertiary/aromatic N) is 1. The van der Waals surface area contributed by atoms with E-state index in [1.165, 1.54) is 0 Å². The lowest BCUT2D eigenvalue weighted by molar-refractivity contribution is -0.122. The van der Waals surface area contributed by atoms with Gasteiger partial charge in [-0.1, -0.05) is 0 Å². The highest BCUT2D eigenvalue weighted by Gasteiger charge is 2.23. The zero-order chi connectivity index (χ0) is 9.84. The maximum absolute atomic E-state index is 11.3. The van der Waals surface area contributed by atoms with Crippen LogP contribution in [0.1, 0.15) is 19.8 Å². The van der Waals surface area contributed by atoms with Crippen molar-refractivity contribution in [3.8, 4) is 0 Å². The monoisotopic (exact) mass is 186 g/mol. The van der Waals surface area contributed by atoms with Gasteiger partial charge in [-0.15, -0.1) is 0 Å². The van der Waals surface area contributed by atoms with Crippen LogP contribution in [-0.4, -0.2) is 48.2 Å². The molecule has 0 radical (unpaired) electrons. The molecule has 0 saturated heterocycles. The zero-order valence-corrected chi connectivity index (χ0v) is 8.29. The van der Waals surface area contributed by atoms with Crippen LogP contribution >= 0.6 is 0 Å². The van der Waals surface area contributed by atoms with Crippen molar-refractivity contribution in [2.75, 3.05) is 20.2 Å². The number of aliphatic hydroxyl groups is 1. The Morgan fingerprint density at radius 3 is 2.77 bits per heavy atom. The molecule has 0 aliphatic heterocycles. The van der Waals surface area contributed by atoms with E-state index in [4.69, 9.17) is 5.11 Å². The van der Waals surface area contributed by atoms with Crippen molar-refractivity contribution >= 4 is 5.91 Å². The summed E-state index contributed by atoms with van der Waals surface area (Å²) in [7, 11) is 1.84. The quantitative estimate of drug-likeness (QED) is 0.613. The van der Waals surface area contributed by atoms with Crippen molar-refractivity contribution in [1.82, 2.24) is 10.2 Å². The van der Waals surface area contributed by atoms with Gasteiger partial charge in [0.1, 0.15) is 0 Å². The van der Waals surface area contributed by atoms with E-state index in [1.54, 1.807) is 0 Å². The lowest BCUT2D eigenvalue weighted by Gasteiger charge is -2.21. The molecule has 0 aromatic carbocycles. The van der Waals surface area contributed by atoms with Crippen LogP contribution in [0.5, 0.6) is 0 Å². The van der Waals surface area contributed by atoms with Crippen LogP contribution in [0.3, 0.4) is 0 Å². The number of likely N-dealkylation sites (N-methyl/N-ethyl adjacent to an activating group) is 1. The molecular formula is C9H18N2O2. The standard InChI is InChI=1S/C9H18N2O2/c1-7(6-12)11(2)5-9(13)10-8-3-4-8/h7-8,12H,3-6H2,1-2H3,(H,10,13). The van der Waals surface area contributed by atoms with Gasteiger partial charge < -0.3 is 10.4 Å². The molecule has 0 aromatic rings. The van der Waals surface area contributed by atoms with Crippen molar-refractivity contribution in [3.63, 3.8) is 0 Å². The number of hydrogen-bond acceptors (Lipinski definition) is 3. The van der Waals surface area contributed by atoms with Crippen molar-refractivity contribution < 1.29 is 9.90 Å². The van der Waals surface area contributed by atoms with Crippen LogP contribution in [0.2, 0.25) is 0 Å². The molecule has 1 aliphatic rings.